The van der Waals surface area contributed by atoms with Crippen molar-refractivity contribution >= 4 is 46.4 Å². The first-order chi connectivity index (χ1) is 11.7. The fourth-order valence-corrected chi connectivity index (χ4v) is 3.14. The van der Waals surface area contributed by atoms with Crippen LogP contribution in [0.25, 0.3) is 0 Å². The summed E-state index contributed by atoms with van der Waals surface area (Å²) >= 11 is 13.0. The minimum absolute atomic E-state index is 0.424. The molecule has 0 fully saturated rings. The average Bonchev–Trinajstić information content (AvgIpc) is 2.58. The number of rotatable bonds is 7. The Morgan fingerprint density at radius 2 is 1.75 bits per heavy atom. The van der Waals surface area contributed by atoms with Crippen LogP contribution in [0.1, 0.15) is 11.1 Å². The molecular weight excluding hydrogens is 358 g/mol. The zero-order chi connectivity index (χ0) is 17.2. The number of halogens is 1. The van der Waals surface area contributed by atoms with E-state index in [0.717, 1.165) is 34.3 Å². The summed E-state index contributed by atoms with van der Waals surface area (Å²) in [7, 11) is 0. The Bertz CT molecular complexity index is 694. The molecule has 0 aliphatic heterocycles. The fourth-order valence-electron chi connectivity index (χ4n) is 1.98. The largest absolute Gasteiger partial charge is 0.362 e. The number of hydrogen-bond donors (Lipinski definition) is 2. The predicted octanol–water partition coefficient (Wildman–Crippen LogP) is 4.63. The Hall–Kier alpha value is -1.74. The molecule has 3 nitrogen and oxygen atoms in total. The van der Waals surface area contributed by atoms with Gasteiger partial charge in [0.25, 0.3) is 0 Å². The number of thiocarbonyl (C=S) groups is 1. The van der Waals surface area contributed by atoms with Crippen molar-refractivity contribution < 1.29 is 0 Å². The number of anilines is 1. The Morgan fingerprint density at radius 3 is 2.42 bits per heavy atom. The van der Waals surface area contributed by atoms with E-state index in [1.807, 2.05) is 60.3 Å². The van der Waals surface area contributed by atoms with Crippen molar-refractivity contribution in [1.29, 1.82) is 5.26 Å². The smallest absolute Gasteiger partial charge is 0.170 e. The van der Waals surface area contributed by atoms with Crippen molar-refractivity contribution in [3.05, 3.63) is 64.7 Å². The summed E-state index contributed by atoms with van der Waals surface area (Å²) in [6, 6.07) is 17.8. The molecule has 0 amide bonds. The molecule has 0 spiro atoms. The van der Waals surface area contributed by atoms with Crippen molar-refractivity contribution in [3.63, 3.8) is 0 Å². The van der Waals surface area contributed by atoms with E-state index in [0.29, 0.717) is 11.5 Å². The molecule has 0 unspecified atom stereocenters. The molecule has 124 valence electrons. The van der Waals surface area contributed by atoms with Gasteiger partial charge in [-0.1, -0.05) is 35.9 Å². The maximum Gasteiger partial charge on any atom is 0.170 e. The lowest BCUT2D eigenvalue weighted by molar-refractivity contribution is 0.990. The normalized spacial score (nSPS) is 10.0. The van der Waals surface area contributed by atoms with Gasteiger partial charge in [0, 0.05) is 28.8 Å². The second-order valence-electron chi connectivity index (χ2n) is 5.09. The Labute approximate surface area is 157 Å². The quantitative estimate of drug-likeness (QED) is 0.546. The summed E-state index contributed by atoms with van der Waals surface area (Å²) in [6.45, 7) is 0.802. The molecular formula is C18H18ClN3S2. The monoisotopic (exact) mass is 375 g/mol. The highest BCUT2D eigenvalue weighted by atomic mass is 35.5. The van der Waals surface area contributed by atoms with Gasteiger partial charge in [0.2, 0.25) is 0 Å². The molecule has 6 heteroatoms. The summed E-state index contributed by atoms with van der Waals surface area (Å²) in [5.41, 5.74) is 3.19. The van der Waals surface area contributed by atoms with Crippen molar-refractivity contribution in [2.45, 2.75) is 12.2 Å². The van der Waals surface area contributed by atoms with Crippen LogP contribution in [0.3, 0.4) is 0 Å². The lowest BCUT2D eigenvalue weighted by Gasteiger charge is -2.10. The van der Waals surface area contributed by atoms with Gasteiger partial charge in [-0.05, 0) is 47.6 Å². The third-order valence-corrected chi connectivity index (χ3v) is 4.74. The van der Waals surface area contributed by atoms with Gasteiger partial charge in [-0.3, -0.25) is 0 Å². The van der Waals surface area contributed by atoms with E-state index < -0.39 is 0 Å². The molecule has 0 heterocycles. The molecule has 0 saturated carbocycles. The highest BCUT2D eigenvalue weighted by molar-refractivity contribution is 7.98. The van der Waals surface area contributed by atoms with Crippen LogP contribution < -0.4 is 10.6 Å². The zero-order valence-corrected chi connectivity index (χ0v) is 15.5. The van der Waals surface area contributed by atoms with Gasteiger partial charge in [0.15, 0.2) is 5.11 Å². The van der Waals surface area contributed by atoms with Crippen LogP contribution in [-0.2, 0) is 12.2 Å². The average molecular weight is 376 g/mol. The molecule has 0 aliphatic carbocycles. The number of nitriles is 1. The van der Waals surface area contributed by atoms with E-state index in [1.54, 1.807) is 0 Å². The fraction of sp³-hybridized carbons (Fsp3) is 0.222. The Balaban J connectivity index is 1.62. The topological polar surface area (TPSA) is 47.9 Å². The lowest BCUT2D eigenvalue weighted by Crippen LogP contribution is -2.30. The van der Waals surface area contributed by atoms with E-state index in [2.05, 4.69) is 16.7 Å². The molecule has 2 N–H and O–H groups in total. The van der Waals surface area contributed by atoms with Crippen LogP contribution in [0.4, 0.5) is 5.69 Å². The molecule has 0 saturated heterocycles. The minimum atomic E-state index is 0.424. The first kappa shape index (κ1) is 18.6. The number of hydrogen-bond acceptors (Lipinski definition) is 3. The van der Waals surface area contributed by atoms with Crippen LogP contribution >= 0.6 is 35.6 Å². The van der Waals surface area contributed by atoms with Gasteiger partial charge in [-0.15, -0.1) is 0 Å². The summed E-state index contributed by atoms with van der Waals surface area (Å²) in [5, 5.41) is 16.4. The number of nitrogens with one attached hydrogen (secondary N) is 2. The SMILES string of the molecule is N#CCc1ccc(NC(=S)NCCSCc2ccc(Cl)cc2)cc1. The highest BCUT2D eigenvalue weighted by Crippen LogP contribution is 2.15. The van der Waals surface area contributed by atoms with Crippen molar-refractivity contribution in [2.24, 2.45) is 0 Å². The highest BCUT2D eigenvalue weighted by Gasteiger charge is 1.99. The molecule has 0 aromatic heterocycles. The van der Waals surface area contributed by atoms with Gasteiger partial charge in [0.05, 0.1) is 12.5 Å². The Kier molecular flexibility index (Phi) is 7.90. The summed E-state index contributed by atoms with van der Waals surface area (Å²) in [6.07, 6.45) is 0.424. The molecule has 0 radical (unpaired) electrons. The van der Waals surface area contributed by atoms with E-state index >= 15 is 0 Å². The second kappa shape index (κ2) is 10.2. The second-order valence-corrected chi connectivity index (χ2v) is 7.04. The molecule has 0 atom stereocenters. The molecule has 2 aromatic carbocycles. The number of thioether (sulfide) groups is 1. The van der Waals surface area contributed by atoms with Crippen molar-refractivity contribution in [2.75, 3.05) is 17.6 Å². The van der Waals surface area contributed by atoms with Crippen LogP contribution in [0.2, 0.25) is 5.02 Å². The maximum absolute atomic E-state index is 8.66. The summed E-state index contributed by atoms with van der Waals surface area (Å²) in [4.78, 5) is 0. The van der Waals surface area contributed by atoms with Gasteiger partial charge in [-0.2, -0.15) is 17.0 Å². The summed E-state index contributed by atoms with van der Waals surface area (Å²) < 4.78 is 0. The van der Waals surface area contributed by atoms with E-state index in [9.17, 15) is 0 Å². The van der Waals surface area contributed by atoms with Gasteiger partial charge in [0.1, 0.15) is 0 Å². The first-order valence-corrected chi connectivity index (χ1v) is 9.44. The van der Waals surface area contributed by atoms with Crippen LogP contribution in [0.15, 0.2) is 48.5 Å². The third-order valence-electron chi connectivity index (χ3n) is 3.21. The standard InChI is InChI=1S/C18H18ClN3S2/c19-16-5-1-15(2-6-16)13-24-12-11-21-18(23)22-17-7-3-14(4-8-17)9-10-20/h1-8H,9,11-13H2,(H2,21,22,23). The van der Waals surface area contributed by atoms with Crippen LogP contribution in [0, 0.1) is 11.3 Å². The van der Waals surface area contributed by atoms with Crippen LogP contribution in [-0.4, -0.2) is 17.4 Å². The maximum atomic E-state index is 8.66. The molecule has 24 heavy (non-hydrogen) atoms. The van der Waals surface area contributed by atoms with Crippen molar-refractivity contribution in [1.82, 2.24) is 5.32 Å². The zero-order valence-electron chi connectivity index (χ0n) is 13.1. The van der Waals surface area contributed by atoms with Gasteiger partial charge < -0.3 is 10.6 Å². The molecule has 0 bridgehead atoms. The summed E-state index contributed by atoms with van der Waals surface area (Å²) in [5.74, 6) is 1.92. The van der Waals surface area contributed by atoms with E-state index in [1.165, 1.54) is 5.56 Å². The molecule has 2 rings (SSSR count). The van der Waals surface area contributed by atoms with Gasteiger partial charge in [-0.25, -0.2) is 0 Å². The number of nitrogens with zero attached hydrogens (tertiary/aromatic N) is 1. The molecule has 2 aromatic rings. The van der Waals surface area contributed by atoms with Crippen molar-refractivity contribution in [3.8, 4) is 6.07 Å². The lowest BCUT2D eigenvalue weighted by atomic mass is 10.1. The predicted molar refractivity (Wildman–Crippen MR) is 108 cm³/mol. The third kappa shape index (κ3) is 6.79. The Morgan fingerprint density at radius 1 is 1.08 bits per heavy atom. The van der Waals surface area contributed by atoms with E-state index in [-0.39, 0.29) is 0 Å². The van der Waals surface area contributed by atoms with Crippen LogP contribution in [0.5, 0.6) is 0 Å². The molecule has 0 aliphatic rings. The first-order valence-electron chi connectivity index (χ1n) is 7.50. The number of benzene rings is 2. The van der Waals surface area contributed by atoms with Gasteiger partial charge >= 0.3 is 0 Å². The van der Waals surface area contributed by atoms with E-state index in [4.69, 9.17) is 29.1 Å². The minimum Gasteiger partial charge on any atom is -0.362 e.